The Kier molecular flexibility index (Phi) is 3.49. The molecule has 0 amide bonds. The van der Waals surface area contributed by atoms with Crippen LogP contribution in [0.3, 0.4) is 0 Å². The van der Waals surface area contributed by atoms with Gasteiger partial charge in [-0.2, -0.15) is 5.26 Å². The molecule has 0 unspecified atom stereocenters. The summed E-state index contributed by atoms with van der Waals surface area (Å²) in [6, 6.07) is 7.98. The molecular formula is C11H15N3. The van der Waals surface area contributed by atoms with Crippen LogP contribution in [-0.2, 0) is 0 Å². The fourth-order valence-corrected chi connectivity index (χ4v) is 1.37. The van der Waals surface area contributed by atoms with Crippen molar-refractivity contribution in [3.63, 3.8) is 0 Å². The number of nitriles is 1. The Bertz CT molecular complexity index is 352. The molecule has 0 radical (unpaired) electrons. The Morgan fingerprint density at radius 3 is 2.79 bits per heavy atom. The normalized spacial score (nSPS) is 9.57. The van der Waals surface area contributed by atoms with Crippen molar-refractivity contribution in [3.8, 4) is 6.07 Å². The highest BCUT2D eigenvalue weighted by molar-refractivity contribution is 5.60. The third-order valence-corrected chi connectivity index (χ3v) is 2.15. The number of anilines is 1. The third-order valence-electron chi connectivity index (χ3n) is 2.15. The molecule has 0 aliphatic rings. The summed E-state index contributed by atoms with van der Waals surface area (Å²) in [4.78, 5) is 2.01. The molecule has 2 N–H and O–H groups in total. The summed E-state index contributed by atoms with van der Waals surface area (Å²) >= 11 is 0. The Hall–Kier alpha value is -1.53. The van der Waals surface area contributed by atoms with Crippen molar-refractivity contribution in [1.29, 1.82) is 5.26 Å². The van der Waals surface area contributed by atoms with Crippen LogP contribution >= 0.6 is 0 Å². The molecule has 0 bridgehead atoms. The van der Waals surface area contributed by atoms with E-state index in [1.54, 1.807) is 0 Å². The SMILES string of the molecule is Cc1ccc(C#N)c(N(C)CCN)c1. The lowest BCUT2D eigenvalue weighted by Crippen LogP contribution is -2.25. The molecule has 0 aromatic heterocycles. The van der Waals surface area contributed by atoms with Gasteiger partial charge < -0.3 is 10.6 Å². The molecule has 74 valence electrons. The van der Waals surface area contributed by atoms with E-state index >= 15 is 0 Å². The van der Waals surface area contributed by atoms with E-state index in [2.05, 4.69) is 6.07 Å². The number of likely N-dealkylation sites (N-methyl/N-ethyl adjacent to an activating group) is 1. The van der Waals surface area contributed by atoms with Gasteiger partial charge in [-0.15, -0.1) is 0 Å². The van der Waals surface area contributed by atoms with Gasteiger partial charge in [-0.3, -0.25) is 0 Å². The lowest BCUT2D eigenvalue weighted by molar-refractivity contribution is 0.883. The maximum Gasteiger partial charge on any atom is 0.101 e. The quantitative estimate of drug-likeness (QED) is 0.778. The topological polar surface area (TPSA) is 53.0 Å². The molecule has 0 aliphatic carbocycles. The van der Waals surface area contributed by atoms with Gasteiger partial charge in [-0.25, -0.2) is 0 Å². The van der Waals surface area contributed by atoms with E-state index in [4.69, 9.17) is 11.0 Å². The summed E-state index contributed by atoms with van der Waals surface area (Å²) < 4.78 is 0. The average Bonchev–Trinajstić information content (AvgIpc) is 2.18. The second-order valence-corrected chi connectivity index (χ2v) is 3.34. The lowest BCUT2D eigenvalue weighted by Gasteiger charge is -2.19. The predicted octanol–water partition coefficient (Wildman–Crippen LogP) is 1.26. The molecule has 0 fully saturated rings. The van der Waals surface area contributed by atoms with Gasteiger partial charge in [0.1, 0.15) is 6.07 Å². The number of hydrogen-bond acceptors (Lipinski definition) is 3. The molecule has 0 atom stereocenters. The van der Waals surface area contributed by atoms with Crippen molar-refractivity contribution < 1.29 is 0 Å². The molecule has 3 nitrogen and oxygen atoms in total. The van der Waals surface area contributed by atoms with Crippen LogP contribution in [-0.4, -0.2) is 20.1 Å². The highest BCUT2D eigenvalue weighted by atomic mass is 15.1. The molecule has 1 rings (SSSR count). The molecule has 14 heavy (non-hydrogen) atoms. The van der Waals surface area contributed by atoms with Crippen LogP contribution in [0.4, 0.5) is 5.69 Å². The van der Waals surface area contributed by atoms with Crippen LogP contribution in [0.15, 0.2) is 18.2 Å². The second-order valence-electron chi connectivity index (χ2n) is 3.34. The van der Waals surface area contributed by atoms with Crippen LogP contribution in [0.5, 0.6) is 0 Å². The maximum atomic E-state index is 8.92. The minimum absolute atomic E-state index is 0.593. The number of benzene rings is 1. The number of aryl methyl sites for hydroxylation is 1. The molecule has 0 saturated carbocycles. The monoisotopic (exact) mass is 189 g/mol. The van der Waals surface area contributed by atoms with E-state index in [9.17, 15) is 0 Å². The van der Waals surface area contributed by atoms with Gasteiger partial charge in [-0.1, -0.05) is 6.07 Å². The molecular weight excluding hydrogens is 174 g/mol. The molecule has 0 spiro atoms. The number of hydrogen-bond donors (Lipinski definition) is 1. The molecule has 1 aromatic rings. The number of rotatable bonds is 3. The van der Waals surface area contributed by atoms with Crippen molar-refractivity contribution >= 4 is 5.69 Å². The lowest BCUT2D eigenvalue weighted by atomic mass is 10.1. The first-order valence-corrected chi connectivity index (χ1v) is 4.61. The van der Waals surface area contributed by atoms with Crippen LogP contribution < -0.4 is 10.6 Å². The zero-order chi connectivity index (χ0) is 10.6. The summed E-state index contributed by atoms with van der Waals surface area (Å²) in [7, 11) is 1.95. The summed E-state index contributed by atoms with van der Waals surface area (Å²) in [5.74, 6) is 0. The smallest absolute Gasteiger partial charge is 0.101 e. The molecule has 1 aromatic carbocycles. The first-order valence-electron chi connectivity index (χ1n) is 4.61. The Labute approximate surface area is 84.7 Å². The van der Waals surface area contributed by atoms with Crippen LogP contribution in [0, 0.1) is 18.3 Å². The summed E-state index contributed by atoms with van der Waals surface area (Å²) in [6.45, 7) is 3.37. The maximum absolute atomic E-state index is 8.92. The van der Waals surface area contributed by atoms with Gasteiger partial charge in [0.05, 0.1) is 11.3 Å². The van der Waals surface area contributed by atoms with E-state index < -0.39 is 0 Å². The molecule has 3 heteroatoms. The average molecular weight is 189 g/mol. The highest BCUT2D eigenvalue weighted by Crippen LogP contribution is 2.19. The molecule has 0 aliphatic heterocycles. The first kappa shape index (κ1) is 10.6. The Morgan fingerprint density at radius 2 is 2.21 bits per heavy atom. The summed E-state index contributed by atoms with van der Waals surface area (Å²) in [5.41, 5.74) is 8.28. The zero-order valence-corrected chi connectivity index (χ0v) is 8.62. The number of nitrogens with two attached hydrogens (primary N) is 1. The first-order chi connectivity index (χ1) is 6.69. The van der Waals surface area contributed by atoms with E-state index in [0.717, 1.165) is 17.8 Å². The van der Waals surface area contributed by atoms with E-state index in [1.165, 1.54) is 0 Å². The van der Waals surface area contributed by atoms with Crippen molar-refractivity contribution in [1.82, 2.24) is 0 Å². The standard InChI is InChI=1S/C11H15N3/c1-9-3-4-10(8-13)11(7-9)14(2)6-5-12/h3-4,7H,5-6,12H2,1-2H3. The van der Waals surface area contributed by atoms with Crippen LogP contribution in [0.2, 0.25) is 0 Å². The summed E-state index contributed by atoms with van der Waals surface area (Å²) in [5, 5.41) is 8.92. The molecule has 0 saturated heterocycles. The van der Waals surface area contributed by atoms with Crippen molar-refractivity contribution in [2.45, 2.75) is 6.92 Å². The van der Waals surface area contributed by atoms with Crippen molar-refractivity contribution in [2.24, 2.45) is 5.73 Å². The second kappa shape index (κ2) is 4.64. The fraction of sp³-hybridized carbons (Fsp3) is 0.364. The highest BCUT2D eigenvalue weighted by Gasteiger charge is 2.06. The van der Waals surface area contributed by atoms with Crippen molar-refractivity contribution in [3.05, 3.63) is 29.3 Å². The zero-order valence-electron chi connectivity index (χ0n) is 8.62. The Balaban J connectivity index is 3.05. The van der Waals surface area contributed by atoms with Crippen LogP contribution in [0.25, 0.3) is 0 Å². The summed E-state index contributed by atoms with van der Waals surface area (Å²) in [6.07, 6.45) is 0. The molecule has 0 heterocycles. The predicted molar refractivity (Wildman–Crippen MR) is 58.2 cm³/mol. The van der Waals surface area contributed by atoms with E-state index in [-0.39, 0.29) is 0 Å². The van der Waals surface area contributed by atoms with Crippen molar-refractivity contribution in [2.75, 3.05) is 25.0 Å². The minimum atomic E-state index is 0.593. The van der Waals surface area contributed by atoms with Crippen LogP contribution in [0.1, 0.15) is 11.1 Å². The number of nitrogens with zero attached hydrogens (tertiary/aromatic N) is 2. The van der Waals surface area contributed by atoms with E-state index in [1.807, 2.05) is 37.1 Å². The van der Waals surface area contributed by atoms with Gasteiger partial charge >= 0.3 is 0 Å². The fourth-order valence-electron chi connectivity index (χ4n) is 1.37. The van der Waals surface area contributed by atoms with Gasteiger partial charge in [0.15, 0.2) is 0 Å². The van der Waals surface area contributed by atoms with Gasteiger partial charge in [0, 0.05) is 20.1 Å². The Morgan fingerprint density at radius 1 is 1.50 bits per heavy atom. The largest absolute Gasteiger partial charge is 0.372 e. The minimum Gasteiger partial charge on any atom is -0.372 e. The third kappa shape index (κ3) is 2.24. The van der Waals surface area contributed by atoms with Gasteiger partial charge in [0.2, 0.25) is 0 Å². The van der Waals surface area contributed by atoms with Gasteiger partial charge in [0.25, 0.3) is 0 Å². The van der Waals surface area contributed by atoms with E-state index in [0.29, 0.717) is 12.1 Å². The van der Waals surface area contributed by atoms with Gasteiger partial charge in [-0.05, 0) is 24.6 Å².